The van der Waals surface area contributed by atoms with Crippen molar-refractivity contribution in [1.82, 2.24) is 0 Å². The Balaban J connectivity index is 0.00000264. The first kappa shape index (κ1) is 20.2. The molecule has 2 rings (SSSR count). The Labute approximate surface area is 149 Å². The Morgan fingerprint density at radius 3 is 2.17 bits per heavy atom. The smallest absolute Gasteiger partial charge is 0.183 e. The van der Waals surface area contributed by atoms with Gasteiger partial charge in [0.1, 0.15) is 13.6 Å². The topological polar surface area (TPSA) is 3.01 Å². The second kappa shape index (κ2) is 11.7. The van der Waals surface area contributed by atoms with Gasteiger partial charge in [-0.15, -0.1) is 0 Å². The minimum absolute atomic E-state index is 0. The van der Waals surface area contributed by atoms with Gasteiger partial charge in [0.25, 0.3) is 0 Å². The van der Waals surface area contributed by atoms with Gasteiger partial charge in [-0.2, -0.15) is 0 Å². The van der Waals surface area contributed by atoms with Crippen molar-refractivity contribution in [2.24, 2.45) is 0 Å². The van der Waals surface area contributed by atoms with Crippen LogP contribution in [0.25, 0.3) is 0 Å². The van der Waals surface area contributed by atoms with Gasteiger partial charge in [0.15, 0.2) is 5.71 Å². The van der Waals surface area contributed by atoms with Gasteiger partial charge in [-0.05, 0) is 18.1 Å². The van der Waals surface area contributed by atoms with E-state index in [0.29, 0.717) is 0 Å². The van der Waals surface area contributed by atoms with Gasteiger partial charge in [0.2, 0.25) is 0 Å². The van der Waals surface area contributed by atoms with Crippen LogP contribution in [-0.4, -0.2) is 23.9 Å². The minimum atomic E-state index is 0. The summed E-state index contributed by atoms with van der Waals surface area (Å²) in [7, 11) is 2.26. The second-order valence-electron chi connectivity index (χ2n) is 6.85. The number of likely N-dealkylation sites (N-methyl/N-ethyl adjacent to an activating group) is 1. The van der Waals surface area contributed by atoms with Gasteiger partial charge >= 0.3 is 0 Å². The highest BCUT2D eigenvalue weighted by molar-refractivity contribution is 5.98. The fourth-order valence-corrected chi connectivity index (χ4v) is 3.58. The monoisotopic (exact) mass is 335 g/mol. The van der Waals surface area contributed by atoms with Crippen molar-refractivity contribution < 1.29 is 17.0 Å². The molecule has 0 N–H and O–H groups in total. The molecule has 1 aromatic rings. The van der Waals surface area contributed by atoms with E-state index in [1.165, 1.54) is 82.7 Å². The van der Waals surface area contributed by atoms with E-state index in [9.17, 15) is 0 Å². The lowest BCUT2D eigenvalue weighted by molar-refractivity contribution is -0.499. The summed E-state index contributed by atoms with van der Waals surface area (Å²) in [5.74, 6) is 0. The maximum absolute atomic E-state index is 2.48. The molecule has 1 aliphatic rings. The highest BCUT2D eigenvalue weighted by atomic mass is 35.5. The molecule has 0 saturated heterocycles. The lowest BCUT2D eigenvalue weighted by atomic mass is 9.93. The Bertz CT molecular complexity index is 478. The molecule has 1 nitrogen and oxygen atoms in total. The van der Waals surface area contributed by atoms with E-state index in [0.717, 1.165) is 0 Å². The molecular formula is C21H34ClN. The summed E-state index contributed by atoms with van der Waals surface area (Å²) < 4.78 is 2.48. The summed E-state index contributed by atoms with van der Waals surface area (Å²) in [6.45, 7) is 3.47. The molecule has 2 heteroatoms. The summed E-state index contributed by atoms with van der Waals surface area (Å²) >= 11 is 0. The van der Waals surface area contributed by atoms with E-state index in [4.69, 9.17) is 0 Å². The molecule has 0 aliphatic carbocycles. The molecule has 0 aromatic heterocycles. The molecule has 1 aliphatic heterocycles. The number of halogens is 1. The first-order valence-corrected chi connectivity index (χ1v) is 9.48. The fourth-order valence-electron chi connectivity index (χ4n) is 3.58. The van der Waals surface area contributed by atoms with Gasteiger partial charge in [-0.1, -0.05) is 76.5 Å². The molecule has 0 amide bonds. The number of unbranched alkanes of at least 4 members (excludes halogenated alkanes) is 8. The Kier molecular flexibility index (Phi) is 10.3. The third-order valence-corrected chi connectivity index (χ3v) is 5.02. The Morgan fingerprint density at radius 1 is 0.870 bits per heavy atom. The molecule has 0 fully saturated rings. The van der Waals surface area contributed by atoms with Crippen LogP contribution in [0.5, 0.6) is 0 Å². The number of rotatable bonds is 10. The van der Waals surface area contributed by atoms with Crippen LogP contribution in [0.2, 0.25) is 0 Å². The zero-order chi connectivity index (χ0) is 15.6. The van der Waals surface area contributed by atoms with E-state index in [-0.39, 0.29) is 12.4 Å². The highest BCUT2D eigenvalue weighted by Crippen LogP contribution is 2.19. The number of hydrogen-bond acceptors (Lipinski definition) is 0. The van der Waals surface area contributed by atoms with E-state index >= 15 is 0 Å². The van der Waals surface area contributed by atoms with Crippen molar-refractivity contribution in [3.8, 4) is 0 Å². The zero-order valence-corrected chi connectivity index (χ0v) is 15.9. The van der Waals surface area contributed by atoms with Gasteiger partial charge < -0.3 is 12.4 Å². The predicted octanol–water partition coefficient (Wildman–Crippen LogP) is 2.60. The number of fused-ring (bicyclic) bond motifs is 1. The molecule has 1 aromatic carbocycles. The molecule has 130 valence electrons. The minimum Gasteiger partial charge on any atom is -1.00 e. The van der Waals surface area contributed by atoms with E-state index in [1.54, 1.807) is 11.3 Å². The molecule has 0 bridgehead atoms. The molecule has 1 heterocycles. The van der Waals surface area contributed by atoms with Gasteiger partial charge in [0.05, 0.1) is 0 Å². The summed E-state index contributed by atoms with van der Waals surface area (Å²) in [6, 6.07) is 8.99. The lowest BCUT2D eigenvalue weighted by Crippen LogP contribution is -3.00. The average molecular weight is 336 g/mol. The maximum atomic E-state index is 2.48. The second-order valence-corrected chi connectivity index (χ2v) is 6.85. The van der Waals surface area contributed by atoms with E-state index in [1.807, 2.05) is 0 Å². The number of benzene rings is 1. The van der Waals surface area contributed by atoms with Crippen molar-refractivity contribution in [1.29, 1.82) is 0 Å². The van der Waals surface area contributed by atoms with Crippen LogP contribution in [0, 0.1) is 0 Å². The van der Waals surface area contributed by atoms with Crippen LogP contribution in [-0.2, 0) is 6.42 Å². The molecular weight excluding hydrogens is 302 g/mol. The summed E-state index contributed by atoms with van der Waals surface area (Å²) in [6.07, 6.45) is 15.2. The highest BCUT2D eigenvalue weighted by Gasteiger charge is 2.21. The van der Waals surface area contributed by atoms with Crippen molar-refractivity contribution in [2.75, 3.05) is 13.6 Å². The van der Waals surface area contributed by atoms with E-state index in [2.05, 4.69) is 42.8 Å². The first-order chi connectivity index (χ1) is 10.8. The van der Waals surface area contributed by atoms with Gasteiger partial charge in [-0.3, -0.25) is 0 Å². The van der Waals surface area contributed by atoms with Gasteiger partial charge in [0, 0.05) is 18.4 Å². The van der Waals surface area contributed by atoms with Crippen molar-refractivity contribution in [2.45, 2.75) is 77.6 Å². The van der Waals surface area contributed by atoms with Crippen molar-refractivity contribution in [3.05, 3.63) is 35.4 Å². The zero-order valence-electron chi connectivity index (χ0n) is 15.1. The molecule has 0 spiro atoms. The first-order valence-electron chi connectivity index (χ1n) is 9.48. The third kappa shape index (κ3) is 6.67. The number of nitrogens with zero attached hydrogens (tertiary/aromatic N) is 1. The van der Waals surface area contributed by atoms with Crippen molar-refractivity contribution in [3.63, 3.8) is 0 Å². The Morgan fingerprint density at radius 2 is 1.48 bits per heavy atom. The third-order valence-electron chi connectivity index (χ3n) is 5.02. The quantitative estimate of drug-likeness (QED) is 0.457. The lowest BCUT2D eigenvalue weighted by Gasteiger charge is -2.16. The summed E-state index contributed by atoms with van der Waals surface area (Å²) in [5.41, 5.74) is 4.63. The van der Waals surface area contributed by atoms with E-state index < -0.39 is 0 Å². The molecule has 0 saturated carbocycles. The van der Waals surface area contributed by atoms with Crippen LogP contribution in [0.4, 0.5) is 0 Å². The normalized spacial score (nSPS) is 13.7. The molecule has 0 atom stereocenters. The van der Waals surface area contributed by atoms with Crippen molar-refractivity contribution >= 4 is 5.71 Å². The van der Waals surface area contributed by atoms with Crippen LogP contribution in [0.15, 0.2) is 24.3 Å². The van der Waals surface area contributed by atoms with Crippen LogP contribution in [0.3, 0.4) is 0 Å². The van der Waals surface area contributed by atoms with Crippen LogP contribution >= 0.6 is 0 Å². The summed E-state index contributed by atoms with van der Waals surface area (Å²) in [5, 5.41) is 0. The predicted molar refractivity (Wildman–Crippen MR) is 97.2 cm³/mol. The Hall–Kier alpha value is -0.820. The largest absolute Gasteiger partial charge is 1.00 e. The molecule has 0 unspecified atom stereocenters. The number of hydrogen-bond donors (Lipinski definition) is 0. The SMILES string of the molecule is CCCCCCCCCCCC1=[N+](C)CCc2ccccc21.[Cl-]. The fraction of sp³-hybridized carbons (Fsp3) is 0.667. The standard InChI is InChI=1S/C21H34N.ClH/c1-3-4-5-6-7-8-9-10-11-16-21-20-15-13-12-14-19(20)17-18-22(21)2;/h12-15H,3-11,16-18H2,1-2H3;1H/q+1;/p-1. The molecule has 23 heavy (non-hydrogen) atoms. The van der Waals surface area contributed by atoms with Crippen LogP contribution in [0.1, 0.15) is 82.3 Å². The maximum Gasteiger partial charge on any atom is 0.183 e. The van der Waals surface area contributed by atoms with Gasteiger partial charge in [-0.25, -0.2) is 4.58 Å². The summed E-state index contributed by atoms with van der Waals surface area (Å²) in [4.78, 5) is 0. The molecule has 0 radical (unpaired) electrons. The average Bonchev–Trinajstić information content (AvgIpc) is 2.55. The van der Waals surface area contributed by atoms with Crippen LogP contribution < -0.4 is 12.4 Å².